The van der Waals surface area contributed by atoms with Gasteiger partial charge in [0.05, 0.1) is 7.11 Å². The van der Waals surface area contributed by atoms with Crippen LogP contribution in [-0.2, 0) is 14.9 Å². The average Bonchev–Trinajstić information content (AvgIpc) is 2.95. The van der Waals surface area contributed by atoms with Crippen molar-refractivity contribution >= 4 is 18.7 Å². The van der Waals surface area contributed by atoms with E-state index in [9.17, 15) is 4.79 Å². The molecule has 0 N–H and O–H groups in total. The summed E-state index contributed by atoms with van der Waals surface area (Å²) in [6, 6.07) is 6.97. The Labute approximate surface area is 196 Å². The fourth-order valence-electron chi connectivity index (χ4n) is 3.66. The number of esters is 1. The van der Waals surface area contributed by atoms with Crippen LogP contribution in [0.15, 0.2) is 18.2 Å². The minimum absolute atomic E-state index is 0. The first-order chi connectivity index (χ1) is 12.3. The van der Waals surface area contributed by atoms with E-state index in [1.165, 1.54) is 62.7 Å². The van der Waals surface area contributed by atoms with Crippen LogP contribution in [0.2, 0.25) is 6.32 Å². The zero-order valence-electron chi connectivity index (χ0n) is 17.4. The molecule has 1 atom stereocenters. The van der Waals surface area contributed by atoms with Crippen molar-refractivity contribution in [3.8, 4) is 11.8 Å². The van der Waals surface area contributed by atoms with Crippen LogP contribution in [0.5, 0.6) is 0 Å². The van der Waals surface area contributed by atoms with Crippen molar-refractivity contribution in [2.24, 2.45) is 5.92 Å². The van der Waals surface area contributed by atoms with E-state index in [1.54, 1.807) is 0 Å². The summed E-state index contributed by atoms with van der Waals surface area (Å²) in [5.41, 5.74) is 4.62. The van der Waals surface area contributed by atoms with Gasteiger partial charge in [-0.15, -0.1) is 0 Å². The SMILES string of the molecule is CC(C#CC1CCCCC1)c1ccc2c(c1)C(C)(C)C[B]2.COC(C)=O.[Ar]. The van der Waals surface area contributed by atoms with Crippen LogP contribution in [0.4, 0.5) is 0 Å². The van der Waals surface area contributed by atoms with Crippen LogP contribution >= 0.6 is 0 Å². The van der Waals surface area contributed by atoms with E-state index >= 15 is 0 Å². The Morgan fingerprint density at radius 1 is 1.26 bits per heavy atom. The summed E-state index contributed by atoms with van der Waals surface area (Å²) >= 11 is 0. The molecular formula is C23H32ArBO2. The molecule has 1 aliphatic carbocycles. The average molecular weight is 391 g/mol. The van der Waals surface area contributed by atoms with Gasteiger partial charge in [-0.1, -0.05) is 74.9 Å². The van der Waals surface area contributed by atoms with Gasteiger partial charge in [-0.25, -0.2) is 0 Å². The zero-order chi connectivity index (χ0) is 19.2. The molecular weight excluding hydrogens is 359 g/mol. The van der Waals surface area contributed by atoms with Crippen molar-refractivity contribution in [2.45, 2.75) is 77.5 Å². The predicted octanol–water partition coefficient (Wildman–Crippen LogP) is 4.59. The first-order valence-electron chi connectivity index (χ1n) is 9.86. The van der Waals surface area contributed by atoms with Crippen LogP contribution in [0, 0.1) is 55.5 Å². The Morgan fingerprint density at radius 2 is 1.89 bits per heavy atom. The minimum atomic E-state index is -0.245. The number of hydrogen-bond acceptors (Lipinski definition) is 2. The maximum absolute atomic E-state index is 9.59. The minimum Gasteiger partial charge on any atom is -0.469 e. The topological polar surface area (TPSA) is 26.3 Å². The molecule has 1 fully saturated rings. The van der Waals surface area contributed by atoms with Crippen LogP contribution in [0.3, 0.4) is 0 Å². The van der Waals surface area contributed by atoms with Crippen molar-refractivity contribution in [2.75, 3.05) is 7.11 Å². The van der Waals surface area contributed by atoms with Gasteiger partial charge in [-0.2, -0.15) is 0 Å². The molecule has 1 aromatic carbocycles. The van der Waals surface area contributed by atoms with E-state index in [1.807, 2.05) is 0 Å². The number of rotatable bonds is 1. The normalized spacial score (nSPS) is 18.3. The molecule has 2 aliphatic rings. The number of carbonyl (C=O) groups excluding carboxylic acids is 1. The van der Waals surface area contributed by atoms with Crippen molar-refractivity contribution < 1.29 is 47.3 Å². The van der Waals surface area contributed by atoms with Crippen LogP contribution in [0.25, 0.3) is 0 Å². The van der Waals surface area contributed by atoms with Gasteiger partial charge in [0.2, 0.25) is 0 Å². The molecule has 1 aromatic rings. The molecule has 147 valence electrons. The van der Waals surface area contributed by atoms with Crippen molar-refractivity contribution in [3.05, 3.63) is 29.3 Å². The van der Waals surface area contributed by atoms with E-state index < -0.39 is 0 Å². The van der Waals surface area contributed by atoms with Gasteiger partial charge in [0, 0.05) is 56.5 Å². The summed E-state index contributed by atoms with van der Waals surface area (Å²) in [7, 11) is 3.72. The summed E-state index contributed by atoms with van der Waals surface area (Å²) in [6.07, 6.45) is 7.93. The fourth-order valence-corrected chi connectivity index (χ4v) is 3.66. The molecule has 0 aromatic heterocycles. The molecule has 1 heterocycles. The molecule has 1 saturated carbocycles. The van der Waals surface area contributed by atoms with Crippen molar-refractivity contribution in [1.82, 2.24) is 0 Å². The predicted molar refractivity (Wildman–Crippen MR) is 110 cm³/mol. The Balaban J connectivity index is 0.000000542. The molecule has 0 spiro atoms. The Morgan fingerprint density at radius 3 is 2.48 bits per heavy atom. The van der Waals surface area contributed by atoms with Gasteiger partial charge in [-0.05, 0) is 36.3 Å². The maximum atomic E-state index is 9.59. The third-order valence-corrected chi connectivity index (χ3v) is 5.54. The van der Waals surface area contributed by atoms with Gasteiger partial charge in [-0.3, -0.25) is 4.79 Å². The molecule has 2 nitrogen and oxygen atoms in total. The Kier molecular flexibility index (Phi) is 10.5. The molecule has 0 bridgehead atoms. The zero-order valence-corrected chi connectivity index (χ0v) is 18.1. The van der Waals surface area contributed by atoms with E-state index in [-0.39, 0.29) is 43.7 Å². The number of methoxy groups -OCH3 is 1. The number of benzene rings is 1. The molecule has 1 aliphatic heterocycles. The van der Waals surface area contributed by atoms with Crippen LogP contribution in [-0.4, -0.2) is 20.4 Å². The first kappa shape index (κ1) is 24.6. The molecule has 0 saturated heterocycles. The molecule has 1 radical (unpaired) electrons. The summed E-state index contributed by atoms with van der Waals surface area (Å²) < 4.78 is 4.11. The number of fused-ring (bicyclic) bond motifs is 1. The van der Waals surface area contributed by atoms with E-state index in [0.717, 1.165) is 6.32 Å². The van der Waals surface area contributed by atoms with Crippen LogP contribution in [0.1, 0.15) is 76.8 Å². The Hall–Kier alpha value is -0.425. The third kappa shape index (κ3) is 7.49. The summed E-state index contributed by atoms with van der Waals surface area (Å²) in [5.74, 6) is 7.84. The van der Waals surface area contributed by atoms with Gasteiger partial charge < -0.3 is 4.74 Å². The summed E-state index contributed by atoms with van der Waals surface area (Å²) in [4.78, 5) is 9.59. The molecule has 27 heavy (non-hydrogen) atoms. The van der Waals surface area contributed by atoms with Gasteiger partial charge >= 0.3 is 5.97 Å². The van der Waals surface area contributed by atoms with Gasteiger partial charge in [0.25, 0.3) is 0 Å². The van der Waals surface area contributed by atoms with E-state index in [0.29, 0.717) is 17.3 Å². The summed E-state index contributed by atoms with van der Waals surface area (Å²) in [6.45, 7) is 8.30. The fraction of sp³-hybridized carbons (Fsp3) is 0.609. The number of hydrogen-bond donors (Lipinski definition) is 0. The maximum Gasteiger partial charge on any atom is 0.302 e. The molecule has 3 rings (SSSR count). The third-order valence-electron chi connectivity index (χ3n) is 5.54. The molecule has 4 heteroatoms. The monoisotopic (exact) mass is 391 g/mol. The van der Waals surface area contributed by atoms with Gasteiger partial charge in [0.1, 0.15) is 0 Å². The second-order valence-corrected chi connectivity index (χ2v) is 8.18. The standard InChI is InChI=1S/C20H26B.C3H6O2.Ar/c1-15(9-10-16-7-5-4-6-8-16)17-11-12-19-18(13-17)20(2,3)14-21-19;1-3(4)5-2;/h11-13,15-16H,4-8,14H2,1-3H3;1-2H3;. The number of carbonyl (C=O) groups is 1. The van der Waals surface area contributed by atoms with E-state index in [4.69, 9.17) is 0 Å². The summed E-state index contributed by atoms with van der Waals surface area (Å²) in [5, 5.41) is 0. The smallest absolute Gasteiger partial charge is 0.302 e. The van der Waals surface area contributed by atoms with Crippen molar-refractivity contribution in [1.29, 1.82) is 0 Å². The van der Waals surface area contributed by atoms with Crippen molar-refractivity contribution in [3.63, 3.8) is 0 Å². The number of ether oxygens (including phenoxy) is 1. The van der Waals surface area contributed by atoms with Gasteiger partial charge in [0.15, 0.2) is 7.28 Å². The first-order valence-corrected chi connectivity index (χ1v) is 9.86. The van der Waals surface area contributed by atoms with E-state index in [2.05, 4.69) is 62.8 Å². The molecule has 0 amide bonds. The quantitative estimate of drug-likeness (QED) is 0.398. The molecule has 1 unspecified atom stereocenters. The van der Waals surface area contributed by atoms with Crippen LogP contribution < -0.4 is 5.46 Å². The Bertz CT molecular complexity index is 681. The largest absolute Gasteiger partial charge is 0.469 e. The second-order valence-electron chi connectivity index (χ2n) is 8.18. The second kappa shape index (κ2) is 11.5.